The normalized spacial score (nSPS) is 13.3. The predicted molar refractivity (Wildman–Crippen MR) is 120 cm³/mol. The molecule has 0 heterocycles. The van der Waals surface area contributed by atoms with Crippen LogP contribution in [0.2, 0.25) is 0 Å². The zero-order valence-electron chi connectivity index (χ0n) is 18.9. The molecule has 0 radical (unpaired) electrons. The second-order valence-corrected chi connectivity index (χ2v) is 8.45. The summed E-state index contributed by atoms with van der Waals surface area (Å²) in [7, 11) is 0. The average molecular weight is 433 g/mol. The second-order valence-electron chi connectivity index (χ2n) is 8.45. The lowest BCUT2D eigenvalue weighted by atomic mass is 9.82. The topological polar surface area (TPSA) is 125 Å². The van der Waals surface area contributed by atoms with E-state index >= 15 is 0 Å². The average Bonchev–Trinajstić information content (AvgIpc) is 2.74. The van der Waals surface area contributed by atoms with Crippen molar-refractivity contribution in [3.8, 4) is 0 Å². The third-order valence-corrected chi connectivity index (χ3v) is 4.76. The van der Waals surface area contributed by atoms with Crippen molar-refractivity contribution >= 4 is 23.8 Å². The number of carbonyl (C=O) groups is 3. The van der Waals surface area contributed by atoms with Crippen molar-refractivity contribution in [2.24, 2.45) is 29.4 Å². The van der Waals surface area contributed by atoms with Crippen LogP contribution in [0.25, 0.3) is 6.08 Å². The Labute approximate surface area is 184 Å². The highest BCUT2D eigenvalue weighted by molar-refractivity contribution is 5.89. The van der Waals surface area contributed by atoms with Gasteiger partial charge < -0.3 is 5.73 Å². The van der Waals surface area contributed by atoms with Crippen molar-refractivity contribution in [1.29, 1.82) is 0 Å². The van der Waals surface area contributed by atoms with Crippen molar-refractivity contribution in [2.45, 2.75) is 40.5 Å². The third-order valence-electron chi connectivity index (χ3n) is 4.76. The molecule has 8 heteroatoms. The van der Waals surface area contributed by atoms with Crippen LogP contribution >= 0.6 is 0 Å². The fourth-order valence-corrected chi connectivity index (χ4v) is 3.31. The number of nitrogens with zero attached hydrogens (tertiary/aromatic N) is 1. The second kappa shape index (κ2) is 13.6. The van der Waals surface area contributed by atoms with E-state index in [1.807, 2.05) is 70.2 Å². The molecule has 0 bridgehead atoms. The third kappa shape index (κ3) is 9.31. The zero-order chi connectivity index (χ0) is 23.4. The van der Waals surface area contributed by atoms with Gasteiger partial charge in [-0.3, -0.25) is 30.0 Å². The smallest absolute Gasteiger partial charge is 0.254 e. The number of allylic oxidation sites excluding steroid dienone is 1. The van der Waals surface area contributed by atoms with Crippen molar-refractivity contribution in [3.63, 3.8) is 0 Å². The Morgan fingerprint density at radius 3 is 2.19 bits per heavy atom. The molecule has 0 unspecified atom stereocenters. The van der Waals surface area contributed by atoms with Gasteiger partial charge in [-0.15, -0.1) is 0 Å². The largest absolute Gasteiger partial charge is 0.322 e. The van der Waals surface area contributed by atoms with Crippen LogP contribution in [0.15, 0.2) is 36.4 Å². The van der Waals surface area contributed by atoms with Crippen LogP contribution in [-0.2, 0) is 14.4 Å². The number of hydrogen-bond acceptors (Lipinski definition) is 5. The molecule has 0 saturated carbocycles. The van der Waals surface area contributed by atoms with Gasteiger partial charge in [0.25, 0.3) is 5.91 Å². The molecular formula is C23H36N4O4. The Morgan fingerprint density at radius 1 is 1.03 bits per heavy atom. The lowest BCUT2D eigenvalue weighted by Crippen LogP contribution is -2.53. The molecule has 1 rings (SSSR count). The number of benzene rings is 1. The van der Waals surface area contributed by atoms with Crippen molar-refractivity contribution < 1.29 is 19.6 Å². The summed E-state index contributed by atoms with van der Waals surface area (Å²) in [6.07, 6.45) is 4.34. The highest BCUT2D eigenvalue weighted by Gasteiger charge is 2.34. The van der Waals surface area contributed by atoms with E-state index in [-0.39, 0.29) is 24.8 Å². The Balaban J connectivity index is 3.09. The van der Waals surface area contributed by atoms with E-state index in [4.69, 9.17) is 5.73 Å². The van der Waals surface area contributed by atoms with E-state index in [1.54, 1.807) is 5.48 Å². The van der Waals surface area contributed by atoms with Gasteiger partial charge in [0.15, 0.2) is 0 Å². The van der Waals surface area contributed by atoms with Crippen LogP contribution in [0, 0.1) is 23.7 Å². The van der Waals surface area contributed by atoms with E-state index in [2.05, 4.69) is 5.43 Å². The lowest BCUT2D eigenvalue weighted by molar-refractivity contribution is -0.147. The zero-order valence-corrected chi connectivity index (χ0v) is 18.9. The van der Waals surface area contributed by atoms with E-state index < -0.39 is 29.6 Å². The molecule has 1 aromatic rings. The summed E-state index contributed by atoms with van der Waals surface area (Å²) in [6.45, 7) is 7.81. The first-order valence-electron chi connectivity index (χ1n) is 10.7. The fourth-order valence-electron chi connectivity index (χ4n) is 3.31. The van der Waals surface area contributed by atoms with Gasteiger partial charge in [0.05, 0.1) is 18.4 Å². The molecule has 31 heavy (non-hydrogen) atoms. The molecule has 3 amide bonds. The van der Waals surface area contributed by atoms with Gasteiger partial charge in [0.1, 0.15) is 0 Å². The fraction of sp³-hybridized carbons (Fsp3) is 0.522. The Kier molecular flexibility index (Phi) is 11.5. The molecule has 0 fully saturated rings. The van der Waals surface area contributed by atoms with Crippen molar-refractivity contribution in [1.82, 2.24) is 15.9 Å². The number of hydroxylamine groups is 1. The molecule has 1 aromatic carbocycles. The molecule has 0 aliphatic rings. The van der Waals surface area contributed by atoms with Gasteiger partial charge in [0.2, 0.25) is 11.8 Å². The summed E-state index contributed by atoms with van der Waals surface area (Å²) in [6, 6.07) is 9.58. The minimum absolute atomic E-state index is 0.115. The van der Waals surface area contributed by atoms with Gasteiger partial charge >= 0.3 is 0 Å². The minimum atomic E-state index is -0.804. The summed E-state index contributed by atoms with van der Waals surface area (Å²) < 4.78 is 0. The number of rotatable bonds is 11. The Bertz CT molecular complexity index is 734. The van der Waals surface area contributed by atoms with Crippen LogP contribution in [0.5, 0.6) is 0 Å². The molecule has 5 N–H and O–H groups in total. The summed E-state index contributed by atoms with van der Waals surface area (Å²) in [5, 5.41) is 10.5. The van der Waals surface area contributed by atoms with Crippen LogP contribution in [-0.4, -0.2) is 41.0 Å². The molecule has 0 aromatic heterocycles. The number of amides is 3. The van der Waals surface area contributed by atoms with Gasteiger partial charge in [-0.2, -0.15) is 0 Å². The highest BCUT2D eigenvalue weighted by atomic mass is 16.5. The van der Waals surface area contributed by atoms with Crippen LogP contribution < -0.4 is 16.6 Å². The van der Waals surface area contributed by atoms with Gasteiger partial charge in [-0.1, -0.05) is 70.2 Å². The quantitative estimate of drug-likeness (QED) is 0.316. The van der Waals surface area contributed by atoms with E-state index in [9.17, 15) is 19.6 Å². The highest BCUT2D eigenvalue weighted by Crippen LogP contribution is 2.25. The summed E-state index contributed by atoms with van der Waals surface area (Å²) in [5.74, 6) is -2.81. The number of hydrogen-bond donors (Lipinski definition) is 4. The monoisotopic (exact) mass is 432 g/mol. The van der Waals surface area contributed by atoms with Gasteiger partial charge in [-0.25, -0.2) is 5.48 Å². The van der Waals surface area contributed by atoms with Crippen LogP contribution in [0.3, 0.4) is 0 Å². The maximum Gasteiger partial charge on any atom is 0.254 e. The first-order valence-corrected chi connectivity index (χ1v) is 10.7. The SMILES string of the molecule is CC(C)C[C@@H](C(=O)NN(CC(C)C)C(=O)CN)[C@H](CC=Cc1ccccc1)C(=O)NO. The first kappa shape index (κ1) is 26.3. The molecule has 172 valence electrons. The summed E-state index contributed by atoms with van der Waals surface area (Å²) >= 11 is 0. The van der Waals surface area contributed by atoms with E-state index in [1.165, 1.54) is 5.01 Å². The Morgan fingerprint density at radius 2 is 1.68 bits per heavy atom. The van der Waals surface area contributed by atoms with Gasteiger partial charge in [0, 0.05) is 6.54 Å². The van der Waals surface area contributed by atoms with Gasteiger partial charge in [-0.05, 0) is 30.2 Å². The molecule has 2 atom stereocenters. The number of nitrogens with one attached hydrogen (secondary N) is 2. The Hall–Kier alpha value is -2.71. The number of carbonyl (C=O) groups excluding carboxylic acids is 3. The number of hydrazine groups is 1. The standard InChI is InChI=1S/C23H36N4O4/c1-16(2)13-20(22(29)25-27(15-17(3)4)21(28)14-24)19(23(30)26-31)12-8-11-18-9-6-5-7-10-18/h5-11,16-17,19-20,31H,12-15,24H2,1-4H3,(H,25,29)(H,26,30)/t19-,20+/m0/s1. The summed E-state index contributed by atoms with van der Waals surface area (Å²) in [5.41, 5.74) is 10.8. The maximum absolute atomic E-state index is 13.2. The van der Waals surface area contributed by atoms with E-state index in [0.717, 1.165) is 5.56 Å². The summed E-state index contributed by atoms with van der Waals surface area (Å²) in [4.78, 5) is 37.8. The van der Waals surface area contributed by atoms with Crippen LogP contribution in [0.1, 0.15) is 46.1 Å². The molecule has 0 spiro atoms. The minimum Gasteiger partial charge on any atom is -0.322 e. The molecule has 0 aliphatic heterocycles. The maximum atomic E-state index is 13.2. The first-order chi connectivity index (χ1) is 14.7. The lowest BCUT2D eigenvalue weighted by Gasteiger charge is -2.30. The number of nitrogens with two attached hydrogens (primary N) is 1. The van der Waals surface area contributed by atoms with E-state index in [0.29, 0.717) is 13.0 Å². The molecule has 0 saturated heterocycles. The van der Waals surface area contributed by atoms with Crippen molar-refractivity contribution in [2.75, 3.05) is 13.1 Å². The molecular weight excluding hydrogens is 396 g/mol. The predicted octanol–water partition coefficient (Wildman–Crippen LogP) is 2.35. The van der Waals surface area contributed by atoms with Crippen molar-refractivity contribution in [3.05, 3.63) is 42.0 Å². The molecule has 8 nitrogen and oxygen atoms in total. The molecule has 0 aliphatic carbocycles. The van der Waals surface area contributed by atoms with Crippen LogP contribution in [0.4, 0.5) is 0 Å².